The number of nitrogens with one attached hydrogen (secondary N) is 1. The van der Waals surface area contributed by atoms with Crippen molar-refractivity contribution in [3.8, 4) is 11.3 Å². The number of fused-ring (bicyclic) bond motifs is 1. The van der Waals surface area contributed by atoms with Gasteiger partial charge in [-0.2, -0.15) is 0 Å². The molecule has 3 N–H and O–H groups in total. The summed E-state index contributed by atoms with van der Waals surface area (Å²) in [4.78, 5) is 33.4. The Morgan fingerprint density at radius 1 is 1.21 bits per heavy atom. The van der Waals surface area contributed by atoms with Gasteiger partial charge in [-0.3, -0.25) is 13.9 Å². The maximum atomic E-state index is 14.0. The number of benzene rings is 1. The molecule has 1 atom stereocenters. The Bertz CT molecular complexity index is 1430. The van der Waals surface area contributed by atoms with Crippen molar-refractivity contribution in [2.24, 2.45) is 20.0 Å². The van der Waals surface area contributed by atoms with Crippen LogP contribution in [0.5, 0.6) is 0 Å². The van der Waals surface area contributed by atoms with Crippen LogP contribution in [0, 0.1) is 11.7 Å². The topological polar surface area (TPSA) is 113 Å². The van der Waals surface area contributed by atoms with E-state index in [0.717, 1.165) is 4.57 Å². The summed E-state index contributed by atoms with van der Waals surface area (Å²) in [5.41, 5.74) is 0.334. The second kappa shape index (κ2) is 11.3. The summed E-state index contributed by atoms with van der Waals surface area (Å²) in [7, 11) is 2.89. The predicted octanol–water partition coefficient (Wildman–Crippen LogP) is -2.23. The number of aromatic nitrogens is 4. The molecule has 0 bridgehead atoms. The zero-order chi connectivity index (χ0) is 23.2. The van der Waals surface area contributed by atoms with Gasteiger partial charge < -0.3 is 15.2 Å². The Kier molecular flexibility index (Phi) is 9.51. The number of halogens is 2. The summed E-state index contributed by atoms with van der Waals surface area (Å²) in [6, 6.07) is 5.74. The van der Waals surface area contributed by atoms with Gasteiger partial charge in [0.05, 0.1) is 28.2 Å². The van der Waals surface area contributed by atoms with Crippen LogP contribution < -0.4 is 40.8 Å². The molecule has 34 heavy (non-hydrogen) atoms. The molecule has 0 aliphatic carbocycles. The van der Waals surface area contributed by atoms with E-state index >= 15 is 0 Å². The maximum Gasteiger partial charge on any atom is 1.00 e. The minimum absolute atomic E-state index is 0. The largest absolute Gasteiger partial charge is 1.00 e. The van der Waals surface area contributed by atoms with Crippen molar-refractivity contribution < 1.29 is 44.2 Å². The number of nitrogens with zero attached hydrogens (tertiary/aromatic N) is 3. The summed E-state index contributed by atoms with van der Waals surface area (Å²) in [5, 5.41) is 22.5. The SMILES string of the molecule is Cn1c(=O)c2c(-c3cccc(F)c3)[nH]c(C(c3nc(Cl)cs3)C(CO)CO)c2n(C)c1=O.[BH4-].[Na+]. The Morgan fingerprint density at radius 3 is 2.44 bits per heavy atom. The molecule has 0 saturated heterocycles. The number of aliphatic hydroxyl groups excluding tert-OH is 2. The van der Waals surface area contributed by atoms with Gasteiger partial charge in [0, 0.05) is 44.2 Å². The van der Waals surface area contributed by atoms with Gasteiger partial charge in [-0.25, -0.2) is 14.2 Å². The predicted molar refractivity (Wildman–Crippen MR) is 132 cm³/mol. The van der Waals surface area contributed by atoms with Crippen LogP contribution in [0.25, 0.3) is 22.2 Å². The van der Waals surface area contributed by atoms with Crippen LogP contribution >= 0.6 is 22.9 Å². The number of H-pyrrole nitrogens is 1. The summed E-state index contributed by atoms with van der Waals surface area (Å²) >= 11 is 7.27. The molecule has 0 aliphatic rings. The standard InChI is InChI=1S/C21H20ClFN4O4S.BH4.Na/c1-26-18-15(20(30)27(2)21(26)31)16(10-4-3-5-12(23)6-10)25-17(18)14(11(7-28)8-29)19-24-13(22)9-32-19;;/h3-6,9,11,14,25,28-29H,7-8H2,1-2H3;1H4;/q;-1;+1. The van der Waals surface area contributed by atoms with Gasteiger partial charge >= 0.3 is 35.2 Å². The van der Waals surface area contributed by atoms with Gasteiger partial charge in [0.15, 0.2) is 0 Å². The number of hydrogen-bond acceptors (Lipinski definition) is 6. The van der Waals surface area contributed by atoms with E-state index in [0.29, 0.717) is 27.5 Å². The number of hydrogen-bond donors (Lipinski definition) is 3. The van der Waals surface area contributed by atoms with Gasteiger partial charge in [-0.15, -0.1) is 11.3 Å². The minimum atomic E-state index is -0.704. The first-order valence-corrected chi connectivity index (χ1v) is 10.9. The first-order valence-electron chi connectivity index (χ1n) is 9.68. The average Bonchev–Trinajstić information content (AvgIpc) is 3.38. The quantitative estimate of drug-likeness (QED) is 0.251. The van der Waals surface area contributed by atoms with E-state index in [4.69, 9.17) is 11.6 Å². The molecule has 3 aromatic heterocycles. The Balaban J connectivity index is 0.00000204. The first kappa shape index (κ1) is 28.5. The summed E-state index contributed by atoms with van der Waals surface area (Å²) < 4.78 is 16.3. The molecule has 0 spiro atoms. The van der Waals surface area contributed by atoms with Crippen LogP contribution in [0.15, 0.2) is 39.2 Å². The van der Waals surface area contributed by atoms with Crippen molar-refractivity contribution >= 4 is 42.3 Å². The van der Waals surface area contributed by atoms with Gasteiger partial charge in [-0.05, 0) is 12.1 Å². The third-order valence-corrected chi connectivity index (χ3v) is 6.80. The molecule has 13 heteroatoms. The molecule has 0 fully saturated rings. The number of thiazole rings is 1. The van der Waals surface area contributed by atoms with E-state index in [1.165, 1.54) is 48.2 Å². The van der Waals surface area contributed by atoms with Crippen molar-refractivity contribution in [3.05, 3.63) is 72.2 Å². The van der Waals surface area contributed by atoms with E-state index in [-0.39, 0.29) is 61.7 Å². The Labute approximate surface area is 226 Å². The molecule has 1 unspecified atom stereocenters. The third-order valence-electron chi connectivity index (χ3n) is 5.55. The number of rotatable bonds is 6. The third kappa shape index (κ3) is 4.83. The molecule has 0 aliphatic heterocycles. The monoisotopic (exact) mass is 516 g/mol. The van der Waals surface area contributed by atoms with Crippen molar-refractivity contribution in [3.63, 3.8) is 0 Å². The smallest absolute Gasteiger partial charge is 0.396 e. The molecule has 3 heterocycles. The summed E-state index contributed by atoms with van der Waals surface area (Å²) in [5.74, 6) is -1.89. The molecular formula is C21H24BClFN4NaO4S. The van der Waals surface area contributed by atoms with Crippen molar-refractivity contribution in [1.82, 2.24) is 19.1 Å². The van der Waals surface area contributed by atoms with Gasteiger partial charge in [-0.1, -0.05) is 32.1 Å². The Hall–Kier alpha value is -1.73. The molecule has 8 nitrogen and oxygen atoms in total. The molecular weight excluding hydrogens is 493 g/mol. The van der Waals surface area contributed by atoms with E-state index in [2.05, 4.69) is 9.97 Å². The second-order valence-electron chi connectivity index (χ2n) is 7.46. The molecule has 4 aromatic rings. The van der Waals surface area contributed by atoms with Crippen molar-refractivity contribution in [1.29, 1.82) is 0 Å². The van der Waals surface area contributed by atoms with Gasteiger partial charge in [0.25, 0.3) is 5.56 Å². The van der Waals surface area contributed by atoms with Crippen LogP contribution in [-0.4, -0.2) is 50.9 Å². The first-order chi connectivity index (χ1) is 15.3. The van der Waals surface area contributed by atoms with Crippen molar-refractivity contribution in [2.45, 2.75) is 5.92 Å². The summed E-state index contributed by atoms with van der Waals surface area (Å²) in [6.07, 6.45) is 0. The molecule has 0 radical (unpaired) electrons. The van der Waals surface area contributed by atoms with Crippen LogP contribution in [0.2, 0.25) is 5.15 Å². The van der Waals surface area contributed by atoms with Crippen molar-refractivity contribution in [2.75, 3.05) is 13.2 Å². The van der Waals surface area contributed by atoms with Crippen LogP contribution in [-0.2, 0) is 14.1 Å². The normalized spacial score (nSPS) is 12.0. The van der Waals surface area contributed by atoms with Gasteiger partial charge in [0.1, 0.15) is 16.0 Å². The number of aromatic amines is 1. The van der Waals surface area contributed by atoms with Crippen LogP contribution in [0.4, 0.5) is 4.39 Å². The number of aryl methyl sites for hydroxylation is 1. The van der Waals surface area contributed by atoms with Gasteiger partial charge in [0.2, 0.25) is 0 Å². The van der Waals surface area contributed by atoms with E-state index < -0.39 is 28.9 Å². The average molecular weight is 517 g/mol. The second-order valence-corrected chi connectivity index (χ2v) is 8.74. The molecule has 1 aromatic carbocycles. The fourth-order valence-electron chi connectivity index (χ4n) is 3.97. The maximum absolute atomic E-state index is 14.0. The fourth-order valence-corrected chi connectivity index (χ4v) is 5.12. The van der Waals surface area contributed by atoms with Crippen LogP contribution in [0.3, 0.4) is 0 Å². The molecule has 4 rings (SSSR count). The molecule has 176 valence electrons. The van der Waals surface area contributed by atoms with E-state index in [1.54, 1.807) is 11.4 Å². The molecule has 0 amide bonds. The Morgan fingerprint density at radius 2 is 1.88 bits per heavy atom. The van der Waals surface area contributed by atoms with Crippen LogP contribution in [0.1, 0.15) is 16.6 Å². The minimum Gasteiger partial charge on any atom is -0.396 e. The zero-order valence-electron chi connectivity index (χ0n) is 18.2. The van der Waals surface area contributed by atoms with E-state index in [1.807, 2.05) is 0 Å². The zero-order valence-corrected chi connectivity index (χ0v) is 21.7. The summed E-state index contributed by atoms with van der Waals surface area (Å²) in [6.45, 7) is -0.764. The van der Waals surface area contributed by atoms with E-state index in [9.17, 15) is 24.2 Å². The molecule has 0 saturated carbocycles. The number of aliphatic hydroxyl groups is 2. The fraction of sp³-hybridized carbons (Fsp3) is 0.286.